The van der Waals surface area contributed by atoms with E-state index in [-0.39, 0.29) is 25.6 Å². The highest BCUT2D eigenvalue weighted by Crippen LogP contribution is 1.96. The maximum Gasteiger partial charge on any atom is 0.319 e. The van der Waals surface area contributed by atoms with Crippen molar-refractivity contribution in [3.8, 4) is 0 Å². The zero-order chi connectivity index (χ0) is 18.5. The first-order valence-corrected chi connectivity index (χ1v) is 7.99. The summed E-state index contributed by atoms with van der Waals surface area (Å²) in [5.41, 5.74) is 0. The molecule has 0 aliphatic heterocycles. The van der Waals surface area contributed by atoms with E-state index in [2.05, 4.69) is 4.74 Å². The molecule has 0 unspecified atom stereocenters. The number of carbonyl (C=O) groups excluding carboxylic acids is 1. The van der Waals surface area contributed by atoms with Gasteiger partial charge in [0.05, 0.1) is 26.7 Å². The van der Waals surface area contributed by atoms with Crippen molar-refractivity contribution >= 4 is 17.9 Å². The van der Waals surface area contributed by atoms with Crippen LogP contribution in [0.2, 0.25) is 0 Å². The molecular formula is C15H29N3O6. The zero-order valence-corrected chi connectivity index (χ0v) is 14.7. The van der Waals surface area contributed by atoms with Crippen molar-refractivity contribution in [2.24, 2.45) is 0 Å². The molecular weight excluding hydrogens is 318 g/mol. The maximum absolute atomic E-state index is 11.3. The number of carboxylic acids is 2. The first-order valence-electron chi connectivity index (χ1n) is 7.99. The zero-order valence-electron chi connectivity index (χ0n) is 14.7. The number of hydrogen-bond donors (Lipinski definition) is 2. The fourth-order valence-electron chi connectivity index (χ4n) is 2.16. The Morgan fingerprint density at radius 2 is 1.12 bits per heavy atom. The number of nitrogens with zero attached hydrogens (tertiary/aromatic N) is 3. The van der Waals surface area contributed by atoms with Crippen LogP contribution < -0.4 is 0 Å². The fraction of sp³-hybridized carbons (Fsp3) is 0.800. The second kappa shape index (κ2) is 12.7. The second-order valence-corrected chi connectivity index (χ2v) is 5.38. The van der Waals surface area contributed by atoms with E-state index in [1.54, 1.807) is 9.80 Å². The van der Waals surface area contributed by atoms with Gasteiger partial charge >= 0.3 is 17.9 Å². The van der Waals surface area contributed by atoms with Crippen LogP contribution in [-0.2, 0) is 19.1 Å². The predicted molar refractivity (Wildman–Crippen MR) is 88.0 cm³/mol. The first kappa shape index (κ1) is 22.3. The summed E-state index contributed by atoms with van der Waals surface area (Å²) in [6, 6.07) is 0. The number of esters is 1. The Hall–Kier alpha value is -1.71. The van der Waals surface area contributed by atoms with Gasteiger partial charge in [-0.25, -0.2) is 0 Å². The molecule has 9 nitrogen and oxygen atoms in total. The van der Waals surface area contributed by atoms with Crippen LogP contribution in [0.25, 0.3) is 0 Å². The van der Waals surface area contributed by atoms with Crippen LogP contribution in [0.15, 0.2) is 0 Å². The first-order chi connectivity index (χ1) is 11.3. The third-order valence-corrected chi connectivity index (χ3v) is 3.66. The number of methoxy groups -OCH3 is 1. The van der Waals surface area contributed by atoms with E-state index < -0.39 is 11.9 Å². The molecule has 2 N–H and O–H groups in total. The minimum Gasteiger partial charge on any atom is -0.480 e. The number of hydrogen-bond acceptors (Lipinski definition) is 7. The fourth-order valence-corrected chi connectivity index (χ4v) is 2.16. The SMILES string of the molecule is CCN(CCN(CCN(CC)CC(=O)OC)CC(=O)O)CC(=O)O. The van der Waals surface area contributed by atoms with E-state index in [1.807, 2.05) is 18.7 Å². The molecule has 0 spiro atoms. The molecule has 0 aromatic rings. The number of carbonyl (C=O) groups is 3. The Kier molecular flexibility index (Phi) is 11.8. The lowest BCUT2D eigenvalue weighted by Crippen LogP contribution is -2.43. The lowest BCUT2D eigenvalue weighted by Gasteiger charge is -2.27. The number of likely N-dealkylation sites (N-methyl/N-ethyl adjacent to an activating group) is 2. The minimum atomic E-state index is -0.938. The molecule has 0 saturated heterocycles. The predicted octanol–water partition coefficient (Wildman–Crippen LogP) is -0.726. The van der Waals surface area contributed by atoms with Crippen LogP contribution in [0.1, 0.15) is 13.8 Å². The van der Waals surface area contributed by atoms with Crippen LogP contribution in [0, 0.1) is 0 Å². The van der Waals surface area contributed by atoms with Gasteiger partial charge in [-0.3, -0.25) is 29.1 Å². The average molecular weight is 347 g/mol. The summed E-state index contributed by atoms with van der Waals surface area (Å²) in [4.78, 5) is 38.5. The van der Waals surface area contributed by atoms with E-state index in [0.717, 1.165) is 0 Å². The average Bonchev–Trinajstić information content (AvgIpc) is 2.53. The highest BCUT2D eigenvalue weighted by atomic mass is 16.5. The smallest absolute Gasteiger partial charge is 0.319 e. The van der Waals surface area contributed by atoms with Crippen LogP contribution >= 0.6 is 0 Å². The van der Waals surface area contributed by atoms with E-state index in [4.69, 9.17) is 10.2 Å². The summed E-state index contributed by atoms with van der Waals surface area (Å²) < 4.78 is 4.63. The Balaban J connectivity index is 4.50. The largest absolute Gasteiger partial charge is 0.480 e. The molecule has 9 heteroatoms. The van der Waals surface area contributed by atoms with Crippen molar-refractivity contribution in [2.45, 2.75) is 13.8 Å². The summed E-state index contributed by atoms with van der Waals surface area (Å²) in [7, 11) is 1.33. The van der Waals surface area contributed by atoms with Crippen LogP contribution in [0.3, 0.4) is 0 Å². The molecule has 0 aromatic carbocycles. The van der Waals surface area contributed by atoms with Crippen molar-refractivity contribution in [3.63, 3.8) is 0 Å². The molecule has 140 valence electrons. The molecule has 0 atom stereocenters. The van der Waals surface area contributed by atoms with Gasteiger partial charge in [-0.05, 0) is 13.1 Å². The third-order valence-electron chi connectivity index (χ3n) is 3.66. The van der Waals surface area contributed by atoms with Crippen molar-refractivity contribution in [1.29, 1.82) is 0 Å². The van der Waals surface area contributed by atoms with Gasteiger partial charge in [-0.1, -0.05) is 13.8 Å². The Bertz CT molecular complexity index is 405. The molecule has 0 aliphatic rings. The van der Waals surface area contributed by atoms with E-state index in [0.29, 0.717) is 39.3 Å². The van der Waals surface area contributed by atoms with Gasteiger partial charge in [-0.2, -0.15) is 0 Å². The molecule has 0 amide bonds. The Morgan fingerprint density at radius 1 is 0.750 bits per heavy atom. The molecule has 0 fully saturated rings. The standard InChI is InChI=1S/C15H29N3O6/c1-4-16(10-13(19)20)6-8-18(11-14(21)22)9-7-17(5-2)12-15(23)24-3/h4-12H2,1-3H3,(H,19,20)(H,21,22). The van der Waals surface area contributed by atoms with Crippen LogP contribution in [-0.4, -0.2) is 109 Å². The highest BCUT2D eigenvalue weighted by molar-refractivity contribution is 5.71. The number of aliphatic carboxylic acids is 2. The van der Waals surface area contributed by atoms with Gasteiger partial charge in [0.2, 0.25) is 0 Å². The molecule has 0 bridgehead atoms. The Labute approximate surface area is 142 Å². The number of rotatable bonds is 14. The maximum atomic E-state index is 11.3. The lowest BCUT2D eigenvalue weighted by atomic mass is 10.3. The molecule has 0 radical (unpaired) electrons. The van der Waals surface area contributed by atoms with Gasteiger partial charge in [0, 0.05) is 26.2 Å². The van der Waals surface area contributed by atoms with Crippen LogP contribution in [0.5, 0.6) is 0 Å². The van der Waals surface area contributed by atoms with Gasteiger partial charge in [-0.15, -0.1) is 0 Å². The lowest BCUT2D eigenvalue weighted by molar-refractivity contribution is -0.142. The summed E-state index contributed by atoms with van der Waals surface area (Å²) in [6.07, 6.45) is 0. The van der Waals surface area contributed by atoms with Gasteiger partial charge in [0.25, 0.3) is 0 Å². The van der Waals surface area contributed by atoms with E-state index in [9.17, 15) is 14.4 Å². The molecule has 0 rings (SSSR count). The number of ether oxygens (including phenoxy) is 1. The van der Waals surface area contributed by atoms with E-state index in [1.165, 1.54) is 7.11 Å². The summed E-state index contributed by atoms with van der Waals surface area (Å²) in [6.45, 7) is 6.89. The third kappa shape index (κ3) is 10.9. The second-order valence-electron chi connectivity index (χ2n) is 5.38. The highest BCUT2D eigenvalue weighted by Gasteiger charge is 2.15. The summed E-state index contributed by atoms with van der Waals surface area (Å²) in [5, 5.41) is 17.9. The van der Waals surface area contributed by atoms with E-state index >= 15 is 0 Å². The molecule has 0 saturated carbocycles. The topological polar surface area (TPSA) is 111 Å². The summed E-state index contributed by atoms with van der Waals surface area (Å²) in [5.74, 6) is -2.18. The minimum absolute atomic E-state index is 0.0686. The normalized spacial score (nSPS) is 11.2. The quantitative estimate of drug-likeness (QED) is 0.393. The molecule has 0 aliphatic carbocycles. The van der Waals surface area contributed by atoms with Gasteiger partial charge in [0.1, 0.15) is 0 Å². The Morgan fingerprint density at radius 3 is 1.50 bits per heavy atom. The monoisotopic (exact) mass is 347 g/mol. The van der Waals surface area contributed by atoms with Crippen molar-refractivity contribution in [3.05, 3.63) is 0 Å². The molecule has 0 aromatic heterocycles. The number of carboxylic acid groups (broad SMARTS) is 2. The summed E-state index contributed by atoms with van der Waals surface area (Å²) >= 11 is 0. The van der Waals surface area contributed by atoms with Crippen molar-refractivity contribution in [2.75, 3.05) is 66.0 Å². The molecule has 24 heavy (non-hydrogen) atoms. The van der Waals surface area contributed by atoms with Gasteiger partial charge in [0.15, 0.2) is 0 Å². The van der Waals surface area contributed by atoms with Crippen LogP contribution in [0.4, 0.5) is 0 Å². The van der Waals surface area contributed by atoms with Crippen molar-refractivity contribution < 1.29 is 29.3 Å². The van der Waals surface area contributed by atoms with Crippen molar-refractivity contribution in [1.82, 2.24) is 14.7 Å². The molecule has 0 heterocycles. The van der Waals surface area contributed by atoms with Gasteiger partial charge < -0.3 is 14.9 Å².